The fourth-order valence-corrected chi connectivity index (χ4v) is 6.48. The van der Waals surface area contributed by atoms with E-state index in [0.717, 1.165) is 44.9 Å². The summed E-state index contributed by atoms with van der Waals surface area (Å²) in [6.07, 6.45) is 33.1. The van der Waals surface area contributed by atoms with Crippen molar-refractivity contribution in [2.45, 2.75) is 206 Å². The van der Waals surface area contributed by atoms with Gasteiger partial charge in [-0.2, -0.15) is 0 Å². The molecule has 0 aromatic heterocycles. The van der Waals surface area contributed by atoms with Gasteiger partial charge in [0.1, 0.15) is 12.7 Å². The number of carbonyl (C=O) groups excluding carboxylic acids is 2. The van der Waals surface area contributed by atoms with Gasteiger partial charge in [-0.15, -0.1) is 0 Å². The number of aliphatic hydroxyl groups is 2. The summed E-state index contributed by atoms with van der Waals surface area (Å²) in [6, 6.07) is 0. The zero-order valence-corrected chi connectivity index (χ0v) is 33.5. The minimum Gasteiger partial charge on any atom is -0.462 e. The normalized spacial score (nSPS) is 14.1. The standard InChI is InChI=1S/C40H77O10P/c1-3-5-7-9-11-13-15-17-18-20-21-23-25-27-29-31-39(43)47-35-38(36-49-51(45,46)48-34-37(42)33-41)50-40(44)32-30-28-26-24-22-19-16-14-12-10-8-6-4-2/h13,15,37-38,41-42H,3-12,14,16-36H2,1-2H3,(H,45,46)/b15-13+/t37-,38+/m0/s1. The first-order chi connectivity index (χ1) is 24.7. The van der Waals surface area contributed by atoms with Gasteiger partial charge in [0, 0.05) is 12.8 Å². The van der Waals surface area contributed by atoms with Crippen LogP contribution < -0.4 is 0 Å². The number of allylic oxidation sites excluding steroid dienone is 2. The summed E-state index contributed by atoms with van der Waals surface area (Å²) in [7, 11) is -4.61. The molecular weight excluding hydrogens is 671 g/mol. The van der Waals surface area contributed by atoms with Crippen molar-refractivity contribution in [2.75, 3.05) is 26.4 Å². The maximum atomic E-state index is 12.6. The predicted molar refractivity (Wildman–Crippen MR) is 205 cm³/mol. The molecule has 0 bridgehead atoms. The number of aliphatic hydroxyl groups excluding tert-OH is 2. The summed E-state index contributed by atoms with van der Waals surface area (Å²) >= 11 is 0. The number of rotatable bonds is 39. The van der Waals surface area contributed by atoms with E-state index in [1.165, 1.54) is 109 Å². The smallest absolute Gasteiger partial charge is 0.462 e. The average molecular weight is 749 g/mol. The van der Waals surface area contributed by atoms with E-state index in [1.807, 2.05) is 0 Å². The summed E-state index contributed by atoms with van der Waals surface area (Å²) in [5.74, 6) is -0.922. The van der Waals surface area contributed by atoms with E-state index in [9.17, 15) is 24.2 Å². The number of hydrogen-bond acceptors (Lipinski definition) is 9. The Morgan fingerprint density at radius 3 is 1.43 bits per heavy atom. The van der Waals surface area contributed by atoms with E-state index in [2.05, 4.69) is 30.5 Å². The zero-order chi connectivity index (χ0) is 37.7. The van der Waals surface area contributed by atoms with E-state index in [-0.39, 0.29) is 19.4 Å². The van der Waals surface area contributed by atoms with Gasteiger partial charge in [-0.1, -0.05) is 154 Å². The van der Waals surface area contributed by atoms with Crippen LogP contribution in [0, 0.1) is 0 Å². The summed E-state index contributed by atoms with van der Waals surface area (Å²) in [5.41, 5.74) is 0. The van der Waals surface area contributed by atoms with Gasteiger partial charge in [0.15, 0.2) is 6.10 Å². The van der Waals surface area contributed by atoms with Crippen LogP contribution in [0.25, 0.3) is 0 Å². The highest BCUT2D eigenvalue weighted by molar-refractivity contribution is 7.47. The lowest BCUT2D eigenvalue weighted by Gasteiger charge is -2.20. The molecule has 1 unspecified atom stereocenters. The molecule has 0 radical (unpaired) electrons. The Labute approximate surface area is 311 Å². The van der Waals surface area contributed by atoms with Crippen molar-refractivity contribution >= 4 is 19.8 Å². The lowest BCUT2D eigenvalue weighted by atomic mass is 10.0. The second-order valence-corrected chi connectivity index (χ2v) is 15.5. The van der Waals surface area contributed by atoms with Gasteiger partial charge in [0.2, 0.25) is 0 Å². The molecule has 0 rings (SSSR count). The van der Waals surface area contributed by atoms with Crippen molar-refractivity contribution < 1.29 is 47.8 Å². The molecule has 11 heteroatoms. The Morgan fingerprint density at radius 1 is 0.569 bits per heavy atom. The lowest BCUT2D eigenvalue weighted by Crippen LogP contribution is -2.29. The highest BCUT2D eigenvalue weighted by Gasteiger charge is 2.27. The Hall–Kier alpha value is -1.29. The Balaban J connectivity index is 4.30. The van der Waals surface area contributed by atoms with Crippen molar-refractivity contribution in [3.8, 4) is 0 Å². The molecule has 0 aliphatic rings. The highest BCUT2D eigenvalue weighted by atomic mass is 31.2. The van der Waals surface area contributed by atoms with Crippen LogP contribution in [0.15, 0.2) is 12.2 Å². The van der Waals surface area contributed by atoms with E-state index < -0.39 is 51.8 Å². The molecule has 302 valence electrons. The van der Waals surface area contributed by atoms with Gasteiger partial charge in [0.05, 0.1) is 19.8 Å². The van der Waals surface area contributed by atoms with Crippen molar-refractivity contribution in [3.63, 3.8) is 0 Å². The molecule has 0 fully saturated rings. The van der Waals surface area contributed by atoms with Crippen LogP contribution in [0.3, 0.4) is 0 Å². The fourth-order valence-electron chi connectivity index (χ4n) is 5.69. The van der Waals surface area contributed by atoms with Crippen LogP contribution in [0.2, 0.25) is 0 Å². The molecule has 3 N–H and O–H groups in total. The minimum atomic E-state index is -4.61. The second-order valence-electron chi connectivity index (χ2n) is 14.0. The zero-order valence-electron chi connectivity index (χ0n) is 32.6. The molecule has 0 aromatic carbocycles. The molecular formula is C40H77O10P. The van der Waals surface area contributed by atoms with E-state index in [1.54, 1.807) is 0 Å². The van der Waals surface area contributed by atoms with Crippen molar-refractivity contribution in [2.24, 2.45) is 0 Å². The first-order valence-corrected chi connectivity index (χ1v) is 22.1. The number of phosphoric acid groups is 1. The van der Waals surface area contributed by atoms with Crippen LogP contribution in [0.1, 0.15) is 194 Å². The molecule has 3 atom stereocenters. The van der Waals surface area contributed by atoms with Crippen LogP contribution in [0.5, 0.6) is 0 Å². The summed E-state index contributed by atoms with van der Waals surface area (Å²) in [5, 5.41) is 18.3. The molecule has 51 heavy (non-hydrogen) atoms. The number of hydrogen-bond donors (Lipinski definition) is 3. The van der Waals surface area contributed by atoms with Crippen LogP contribution in [-0.4, -0.2) is 65.7 Å². The summed E-state index contributed by atoms with van der Waals surface area (Å²) < 4.78 is 32.6. The molecule has 0 aromatic rings. The molecule has 0 amide bonds. The number of unbranched alkanes of at least 4 members (excludes halogenated alkanes) is 23. The maximum Gasteiger partial charge on any atom is 0.472 e. The largest absolute Gasteiger partial charge is 0.472 e. The Morgan fingerprint density at radius 2 is 0.961 bits per heavy atom. The van der Waals surface area contributed by atoms with Gasteiger partial charge in [-0.05, 0) is 38.5 Å². The lowest BCUT2D eigenvalue weighted by molar-refractivity contribution is -0.161. The van der Waals surface area contributed by atoms with Gasteiger partial charge < -0.3 is 24.6 Å². The van der Waals surface area contributed by atoms with Crippen molar-refractivity contribution in [3.05, 3.63) is 12.2 Å². The third-order valence-corrected chi connectivity index (χ3v) is 9.87. The predicted octanol–water partition coefficient (Wildman–Crippen LogP) is 10.4. The number of ether oxygens (including phenoxy) is 2. The number of esters is 2. The van der Waals surface area contributed by atoms with Crippen molar-refractivity contribution in [1.29, 1.82) is 0 Å². The average Bonchev–Trinajstić information content (AvgIpc) is 3.12. The molecule has 0 saturated heterocycles. The number of carbonyl (C=O) groups is 2. The maximum absolute atomic E-state index is 12.6. The van der Waals surface area contributed by atoms with E-state index in [4.69, 9.17) is 19.1 Å². The molecule has 0 spiro atoms. The van der Waals surface area contributed by atoms with Crippen LogP contribution >= 0.6 is 7.82 Å². The van der Waals surface area contributed by atoms with E-state index >= 15 is 0 Å². The highest BCUT2D eigenvalue weighted by Crippen LogP contribution is 2.43. The molecule has 0 aliphatic carbocycles. The van der Waals surface area contributed by atoms with Gasteiger partial charge in [-0.25, -0.2) is 4.57 Å². The van der Waals surface area contributed by atoms with Gasteiger partial charge in [0.25, 0.3) is 0 Å². The monoisotopic (exact) mass is 749 g/mol. The van der Waals surface area contributed by atoms with Gasteiger partial charge in [-0.3, -0.25) is 18.6 Å². The Kier molecular flexibility index (Phi) is 36.1. The van der Waals surface area contributed by atoms with Crippen molar-refractivity contribution in [1.82, 2.24) is 0 Å². The molecule has 10 nitrogen and oxygen atoms in total. The quantitative estimate of drug-likeness (QED) is 0.0240. The third kappa shape index (κ3) is 36.8. The van der Waals surface area contributed by atoms with Gasteiger partial charge >= 0.3 is 19.8 Å². The fraction of sp³-hybridized carbons (Fsp3) is 0.900. The first-order valence-electron chi connectivity index (χ1n) is 20.6. The summed E-state index contributed by atoms with van der Waals surface area (Å²) in [4.78, 5) is 34.9. The second kappa shape index (κ2) is 37.0. The molecule has 0 saturated carbocycles. The molecule has 0 aliphatic heterocycles. The van der Waals surface area contributed by atoms with Crippen LogP contribution in [-0.2, 0) is 32.7 Å². The number of phosphoric ester groups is 1. The topological polar surface area (TPSA) is 149 Å². The van der Waals surface area contributed by atoms with Crippen LogP contribution in [0.4, 0.5) is 0 Å². The minimum absolute atomic E-state index is 0.189. The molecule has 0 heterocycles. The van der Waals surface area contributed by atoms with E-state index in [0.29, 0.717) is 12.8 Å². The summed E-state index contributed by atoms with van der Waals surface area (Å²) in [6.45, 7) is 2.37. The first kappa shape index (κ1) is 49.7. The third-order valence-electron chi connectivity index (χ3n) is 8.92. The Bertz CT molecular complexity index is 868. The SMILES string of the molecule is CCCCCC/C=C/CCCCCCCCCC(=O)OC[C@H](COP(=O)(O)OC[C@@H](O)CO)OC(=O)CCCCCCCCCCCCCCC.